The normalized spacial score (nSPS) is 12.5. The molecular weight excluding hydrogens is 316 g/mol. The van der Waals surface area contributed by atoms with Gasteiger partial charge in [0, 0.05) is 22.5 Å². The number of amides is 1. The molecule has 0 aliphatic rings. The highest BCUT2D eigenvalue weighted by atomic mass is 32.1. The first-order valence-electron chi connectivity index (χ1n) is 8.24. The second-order valence-corrected chi connectivity index (χ2v) is 6.87. The molecule has 3 aromatic rings. The molecule has 0 bridgehead atoms. The molecule has 0 aliphatic carbocycles. The highest BCUT2D eigenvalue weighted by molar-refractivity contribution is 7.09. The number of nitrogens with one attached hydrogen (secondary N) is 1. The fourth-order valence-electron chi connectivity index (χ4n) is 2.86. The molecule has 4 heteroatoms. The molecule has 3 nitrogen and oxygen atoms in total. The van der Waals surface area contributed by atoms with Gasteiger partial charge in [0.15, 0.2) is 0 Å². The van der Waals surface area contributed by atoms with Gasteiger partial charge in [0.1, 0.15) is 0 Å². The zero-order valence-corrected chi connectivity index (χ0v) is 14.8. The second kappa shape index (κ2) is 7.60. The number of carbonyl (C=O) groups excluding carboxylic acids is 1. The van der Waals surface area contributed by atoms with E-state index < -0.39 is 0 Å². The van der Waals surface area contributed by atoms with Crippen LogP contribution in [0.15, 0.2) is 60.0 Å². The molecule has 0 radical (unpaired) electrons. The number of carbonyl (C=O) groups is 1. The van der Waals surface area contributed by atoms with Crippen molar-refractivity contribution in [3.05, 3.63) is 64.9 Å². The predicted molar refractivity (Wildman–Crippen MR) is 102 cm³/mol. The van der Waals surface area contributed by atoms with Gasteiger partial charge in [-0.3, -0.25) is 9.69 Å². The van der Waals surface area contributed by atoms with Crippen molar-refractivity contribution in [3.8, 4) is 0 Å². The van der Waals surface area contributed by atoms with Crippen molar-refractivity contribution in [1.29, 1.82) is 0 Å². The summed E-state index contributed by atoms with van der Waals surface area (Å²) in [5, 5.41) is 7.38. The van der Waals surface area contributed by atoms with Gasteiger partial charge in [-0.25, -0.2) is 0 Å². The summed E-state index contributed by atoms with van der Waals surface area (Å²) in [6.07, 6.45) is 0. The Morgan fingerprint density at radius 3 is 2.67 bits per heavy atom. The Kier molecular flexibility index (Phi) is 5.28. The van der Waals surface area contributed by atoms with Crippen LogP contribution in [-0.2, 0) is 11.3 Å². The maximum atomic E-state index is 12.7. The number of benzene rings is 2. The van der Waals surface area contributed by atoms with Crippen molar-refractivity contribution in [3.63, 3.8) is 0 Å². The first-order chi connectivity index (χ1) is 11.7. The van der Waals surface area contributed by atoms with Crippen molar-refractivity contribution in [2.24, 2.45) is 0 Å². The van der Waals surface area contributed by atoms with Crippen LogP contribution >= 0.6 is 11.3 Å². The van der Waals surface area contributed by atoms with Crippen LogP contribution < -0.4 is 5.32 Å². The summed E-state index contributed by atoms with van der Waals surface area (Å²) in [6.45, 7) is 5.70. The molecular formula is C20H22N2OS. The van der Waals surface area contributed by atoms with E-state index in [1.54, 1.807) is 11.3 Å². The van der Waals surface area contributed by atoms with E-state index >= 15 is 0 Å². The number of anilines is 1. The van der Waals surface area contributed by atoms with Crippen LogP contribution in [0, 0.1) is 0 Å². The third-order valence-electron chi connectivity index (χ3n) is 4.32. The number of likely N-dealkylation sites (N-methyl/N-ethyl adjacent to an activating group) is 1. The Morgan fingerprint density at radius 1 is 1.12 bits per heavy atom. The average molecular weight is 338 g/mol. The van der Waals surface area contributed by atoms with E-state index in [-0.39, 0.29) is 11.9 Å². The highest BCUT2D eigenvalue weighted by Gasteiger charge is 2.21. The molecule has 1 aromatic heterocycles. The zero-order chi connectivity index (χ0) is 16.9. The minimum atomic E-state index is -0.184. The molecule has 1 N–H and O–H groups in total. The Labute approximate surface area is 146 Å². The Morgan fingerprint density at radius 2 is 1.92 bits per heavy atom. The van der Waals surface area contributed by atoms with E-state index in [9.17, 15) is 4.79 Å². The monoisotopic (exact) mass is 338 g/mol. The molecule has 1 atom stereocenters. The van der Waals surface area contributed by atoms with Gasteiger partial charge in [-0.2, -0.15) is 0 Å². The summed E-state index contributed by atoms with van der Waals surface area (Å²) in [7, 11) is 0. The van der Waals surface area contributed by atoms with Gasteiger partial charge in [0.25, 0.3) is 0 Å². The molecule has 0 spiro atoms. The molecule has 0 fully saturated rings. The van der Waals surface area contributed by atoms with Gasteiger partial charge in [0.2, 0.25) is 5.91 Å². The molecule has 1 heterocycles. The van der Waals surface area contributed by atoms with E-state index in [2.05, 4.69) is 46.8 Å². The van der Waals surface area contributed by atoms with Crippen LogP contribution in [0.25, 0.3) is 10.8 Å². The highest BCUT2D eigenvalue weighted by Crippen LogP contribution is 2.23. The van der Waals surface area contributed by atoms with Crippen LogP contribution in [0.3, 0.4) is 0 Å². The smallest absolute Gasteiger partial charge is 0.241 e. The van der Waals surface area contributed by atoms with E-state index in [4.69, 9.17) is 0 Å². The number of rotatable bonds is 6. The summed E-state index contributed by atoms with van der Waals surface area (Å²) >= 11 is 1.73. The largest absolute Gasteiger partial charge is 0.324 e. The minimum Gasteiger partial charge on any atom is -0.324 e. The van der Waals surface area contributed by atoms with E-state index in [0.29, 0.717) is 0 Å². The molecule has 1 amide bonds. The Bertz CT molecular complexity index is 808. The van der Waals surface area contributed by atoms with Gasteiger partial charge in [0.05, 0.1) is 6.04 Å². The predicted octanol–water partition coefficient (Wildman–Crippen LogP) is 4.75. The lowest BCUT2D eigenvalue weighted by Crippen LogP contribution is -2.41. The molecule has 0 aliphatic heterocycles. The summed E-state index contributed by atoms with van der Waals surface area (Å²) < 4.78 is 0. The van der Waals surface area contributed by atoms with Gasteiger partial charge in [-0.05, 0) is 36.4 Å². The Balaban J connectivity index is 1.75. The van der Waals surface area contributed by atoms with Crippen molar-refractivity contribution in [1.82, 2.24) is 4.90 Å². The third-order valence-corrected chi connectivity index (χ3v) is 5.18. The quantitative estimate of drug-likeness (QED) is 0.703. The summed E-state index contributed by atoms with van der Waals surface area (Å²) in [6, 6.07) is 18.1. The third kappa shape index (κ3) is 3.66. The van der Waals surface area contributed by atoms with Crippen LogP contribution in [0.5, 0.6) is 0 Å². The number of thiophene rings is 1. The summed E-state index contributed by atoms with van der Waals surface area (Å²) in [4.78, 5) is 16.2. The lowest BCUT2D eigenvalue weighted by Gasteiger charge is -2.26. The average Bonchev–Trinajstić information content (AvgIpc) is 3.12. The van der Waals surface area contributed by atoms with Gasteiger partial charge >= 0.3 is 0 Å². The van der Waals surface area contributed by atoms with E-state index in [1.807, 2.05) is 37.3 Å². The lowest BCUT2D eigenvalue weighted by molar-refractivity contribution is -0.120. The zero-order valence-electron chi connectivity index (χ0n) is 14.0. The number of hydrogen-bond acceptors (Lipinski definition) is 3. The van der Waals surface area contributed by atoms with Gasteiger partial charge < -0.3 is 5.32 Å². The summed E-state index contributed by atoms with van der Waals surface area (Å²) in [5.41, 5.74) is 0.872. The molecule has 124 valence electrons. The first-order valence-corrected chi connectivity index (χ1v) is 9.12. The van der Waals surface area contributed by atoms with Crippen LogP contribution in [0.2, 0.25) is 0 Å². The molecule has 0 saturated heterocycles. The standard InChI is InChI=1S/C20H22N2OS/c1-3-22(14-17-10-7-13-24-17)15(2)20(23)21-19-12-6-9-16-8-4-5-11-18(16)19/h4-13,15H,3,14H2,1-2H3,(H,21,23)/t15-/m1/s1. The second-order valence-electron chi connectivity index (χ2n) is 5.83. The Hall–Kier alpha value is -2.17. The van der Waals surface area contributed by atoms with Crippen LogP contribution in [0.1, 0.15) is 18.7 Å². The SMILES string of the molecule is CCN(Cc1cccs1)[C@H](C)C(=O)Nc1cccc2ccccc12. The number of fused-ring (bicyclic) bond motifs is 1. The van der Waals surface area contributed by atoms with Crippen LogP contribution in [-0.4, -0.2) is 23.4 Å². The topological polar surface area (TPSA) is 32.3 Å². The summed E-state index contributed by atoms with van der Waals surface area (Å²) in [5.74, 6) is 0.0322. The van der Waals surface area contributed by atoms with Crippen molar-refractivity contribution < 1.29 is 4.79 Å². The molecule has 0 unspecified atom stereocenters. The van der Waals surface area contributed by atoms with Crippen LogP contribution in [0.4, 0.5) is 5.69 Å². The first kappa shape index (κ1) is 16.7. The fourth-order valence-corrected chi connectivity index (χ4v) is 3.59. The van der Waals surface area contributed by atoms with Crippen molar-refractivity contribution >= 4 is 33.7 Å². The molecule has 2 aromatic carbocycles. The molecule has 3 rings (SSSR count). The van der Waals surface area contributed by atoms with E-state index in [0.717, 1.165) is 29.5 Å². The number of hydrogen-bond donors (Lipinski definition) is 1. The molecule has 24 heavy (non-hydrogen) atoms. The number of nitrogens with zero attached hydrogens (tertiary/aromatic N) is 1. The molecule has 0 saturated carbocycles. The van der Waals surface area contributed by atoms with Gasteiger partial charge in [-0.1, -0.05) is 49.4 Å². The maximum Gasteiger partial charge on any atom is 0.241 e. The fraction of sp³-hybridized carbons (Fsp3) is 0.250. The maximum absolute atomic E-state index is 12.7. The lowest BCUT2D eigenvalue weighted by atomic mass is 10.1. The van der Waals surface area contributed by atoms with Gasteiger partial charge in [-0.15, -0.1) is 11.3 Å². The van der Waals surface area contributed by atoms with Crippen molar-refractivity contribution in [2.45, 2.75) is 26.4 Å². The van der Waals surface area contributed by atoms with Crippen molar-refractivity contribution in [2.75, 3.05) is 11.9 Å². The van der Waals surface area contributed by atoms with E-state index in [1.165, 1.54) is 4.88 Å². The minimum absolute atomic E-state index is 0.0322.